The zero-order chi connectivity index (χ0) is 8.39. The van der Waals surface area contributed by atoms with Crippen LogP contribution >= 0.6 is 0 Å². The molecule has 2 rings (SSSR count). The molecule has 4 heteroatoms. The highest BCUT2D eigenvalue weighted by Crippen LogP contribution is 2.18. The van der Waals surface area contributed by atoms with Gasteiger partial charge in [0.05, 0.1) is 6.04 Å². The van der Waals surface area contributed by atoms with Crippen LogP contribution in [0.3, 0.4) is 0 Å². The van der Waals surface area contributed by atoms with Crippen molar-refractivity contribution in [3.8, 4) is 0 Å². The fourth-order valence-corrected chi connectivity index (χ4v) is 1.58. The lowest BCUT2D eigenvalue weighted by Gasteiger charge is -2.22. The third-order valence-corrected chi connectivity index (χ3v) is 2.30. The molecule has 1 fully saturated rings. The van der Waals surface area contributed by atoms with Gasteiger partial charge in [-0.1, -0.05) is 5.46 Å². The molecule has 1 saturated heterocycles. The molecule has 0 amide bonds. The molecule has 64 valence electrons. The summed E-state index contributed by atoms with van der Waals surface area (Å²) in [4.78, 5) is 0. The lowest BCUT2D eigenvalue weighted by Crippen LogP contribution is -2.20. The van der Waals surface area contributed by atoms with Crippen molar-refractivity contribution >= 4 is 13.3 Å². The summed E-state index contributed by atoms with van der Waals surface area (Å²) in [6.07, 6.45) is 6.22. The fourth-order valence-electron chi connectivity index (χ4n) is 1.58. The van der Waals surface area contributed by atoms with Crippen LogP contribution in [0.5, 0.6) is 0 Å². The molecule has 0 spiro atoms. The van der Waals surface area contributed by atoms with Crippen molar-refractivity contribution in [3.05, 3.63) is 12.4 Å². The van der Waals surface area contributed by atoms with E-state index in [1.807, 2.05) is 6.20 Å². The highest BCUT2D eigenvalue weighted by molar-refractivity contribution is 6.31. The minimum Gasteiger partial charge on any atom is -0.381 e. The van der Waals surface area contributed by atoms with E-state index in [4.69, 9.17) is 4.74 Å². The number of nitrogens with zero attached hydrogens (tertiary/aromatic N) is 2. The standard InChI is InChI=1S/C8H13BN2O/c9-7-5-10-11(6-7)8-1-3-12-4-2-8/h5-6,8H,1-4,9H2. The first-order chi connectivity index (χ1) is 5.86. The van der Waals surface area contributed by atoms with Crippen molar-refractivity contribution in [2.45, 2.75) is 18.9 Å². The van der Waals surface area contributed by atoms with Gasteiger partial charge in [-0.25, -0.2) is 0 Å². The highest BCUT2D eigenvalue weighted by atomic mass is 16.5. The molecule has 3 nitrogen and oxygen atoms in total. The fraction of sp³-hybridized carbons (Fsp3) is 0.625. The van der Waals surface area contributed by atoms with Crippen molar-refractivity contribution < 1.29 is 4.74 Å². The molecular weight excluding hydrogens is 151 g/mol. The average molecular weight is 164 g/mol. The Hall–Kier alpha value is -0.765. The summed E-state index contributed by atoms with van der Waals surface area (Å²) in [5.74, 6) is 0. The second kappa shape index (κ2) is 3.31. The Morgan fingerprint density at radius 1 is 1.50 bits per heavy atom. The minimum atomic E-state index is 0.562. The van der Waals surface area contributed by atoms with Crippen molar-refractivity contribution in [2.75, 3.05) is 13.2 Å². The van der Waals surface area contributed by atoms with E-state index in [2.05, 4.69) is 23.8 Å². The molecule has 12 heavy (non-hydrogen) atoms. The van der Waals surface area contributed by atoms with Gasteiger partial charge < -0.3 is 4.74 Å². The molecule has 0 unspecified atom stereocenters. The Kier molecular flexibility index (Phi) is 2.17. The van der Waals surface area contributed by atoms with Crippen LogP contribution in [-0.2, 0) is 4.74 Å². The molecule has 1 aromatic rings. The van der Waals surface area contributed by atoms with Gasteiger partial charge in [-0.05, 0) is 12.8 Å². The first-order valence-electron chi connectivity index (χ1n) is 4.45. The molecule has 1 aliphatic rings. The lowest BCUT2D eigenvalue weighted by molar-refractivity contribution is 0.0662. The third-order valence-electron chi connectivity index (χ3n) is 2.30. The van der Waals surface area contributed by atoms with Gasteiger partial charge in [-0.3, -0.25) is 4.68 Å². The van der Waals surface area contributed by atoms with Crippen LogP contribution < -0.4 is 5.46 Å². The van der Waals surface area contributed by atoms with Crippen LogP contribution in [0.15, 0.2) is 12.4 Å². The summed E-state index contributed by atoms with van der Waals surface area (Å²) in [6.45, 7) is 1.76. The third kappa shape index (κ3) is 1.53. The number of hydrogen-bond acceptors (Lipinski definition) is 2. The molecule has 2 heterocycles. The first-order valence-corrected chi connectivity index (χ1v) is 4.45. The average Bonchev–Trinajstić information content (AvgIpc) is 2.54. The summed E-state index contributed by atoms with van der Waals surface area (Å²) < 4.78 is 7.35. The van der Waals surface area contributed by atoms with E-state index in [1.54, 1.807) is 0 Å². The molecule has 0 saturated carbocycles. The van der Waals surface area contributed by atoms with Gasteiger partial charge >= 0.3 is 0 Å². The van der Waals surface area contributed by atoms with Crippen LogP contribution in [-0.4, -0.2) is 30.8 Å². The number of aromatic nitrogens is 2. The van der Waals surface area contributed by atoms with Crippen molar-refractivity contribution in [3.63, 3.8) is 0 Å². The van der Waals surface area contributed by atoms with E-state index >= 15 is 0 Å². The van der Waals surface area contributed by atoms with E-state index in [1.165, 1.54) is 5.46 Å². The smallest absolute Gasteiger partial charge is 0.143 e. The van der Waals surface area contributed by atoms with Gasteiger partial charge in [0.15, 0.2) is 0 Å². The molecule has 0 atom stereocenters. The summed E-state index contributed by atoms with van der Waals surface area (Å²) in [7, 11) is 2.07. The predicted octanol–water partition coefficient (Wildman–Crippen LogP) is -0.507. The quantitative estimate of drug-likeness (QED) is 0.523. The molecule has 1 aromatic heterocycles. The number of hydrogen-bond donors (Lipinski definition) is 0. The zero-order valence-corrected chi connectivity index (χ0v) is 7.36. The molecule has 0 aromatic carbocycles. The summed E-state index contributed by atoms with van der Waals surface area (Å²) >= 11 is 0. The number of rotatable bonds is 1. The maximum Gasteiger partial charge on any atom is 0.143 e. The Labute approximate surface area is 73.1 Å². The molecular formula is C8H13BN2O. The predicted molar refractivity (Wildman–Crippen MR) is 49.5 cm³/mol. The topological polar surface area (TPSA) is 27.1 Å². The highest BCUT2D eigenvalue weighted by Gasteiger charge is 2.15. The maximum atomic E-state index is 5.29. The molecule has 0 aliphatic carbocycles. The Balaban J connectivity index is 2.08. The van der Waals surface area contributed by atoms with Gasteiger partial charge in [0.25, 0.3) is 0 Å². The lowest BCUT2D eigenvalue weighted by atomic mass is 10.0. The van der Waals surface area contributed by atoms with Gasteiger partial charge in [0, 0.05) is 25.6 Å². The monoisotopic (exact) mass is 164 g/mol. The van der Waals surface area contributed by atoms with Crippen LogP contribution in [0, 0.1) is 0 Å². The summed E-state index contributed by atoms with van der Waals surface area (Å²) in [5, 5.41) is 4.30. The normalized spacial score (nSPS) is 19.7. The van der Waals surface area contributed by atoms with Crippen LogP contribution in [0.1, 0.15) is 18.9 Å². The Morgan fingerprint density at radius 3 is 2.83 bits per heavy atom. The SMILES string of the molecule is Bc1cnn(C2CCOCC2)c1. The van der Waals surface area contributed by atoms with Crippen LogP contribution in [0.4, 0.5) is 0 Å². The molecule has 0 N–H and O–H groups in total. The van der Waals surface area contributed by atoms with Gasteiger partial charge in [0.2, 0.25) is 0 Å². The van der Waals surface area contributed by atoms with E-state index in [0.29, 0.717) is 6.04 Å². The summed E-state index contributed by atoms with van der Waals surface area (Å²) in [6, 6.07) is 0.562. The van der Waals surface area contributed by atoms with Crippen LogP contribution in [0.2, 0.25) is 0 Å². The largest absolute Gasteiger partial charge is 0.381 e. The van der Waals surface area contributed by atoms with Crippen LogP contribution in [0.25, 0.3) is 0 Å². The van der Waals surface area contributed by atoms with Gasteiger partial charge in [-0.15, -0.1) is 0 Å². The molecule has 0 bridgehead atoms. The second-order valence-corrected chi connectivity index (χ2v) is 3.34. The minimum absolute atomic E-state index is 0.562. The number of ether oxygens (including phenoxy) is 1. The van der Waals surface area contributed by atoms with E-state index in [9.17, 15) is 0 Å². The molecule has 0 radical (unpaired) electrons. The second-order valence-electron chi connectivity index (χ2n) is 3.34. The Bertz CT molecular complexity index is 255. The maximum absolute atomic E-state index is 5.29. The first kappa shape index (κ1) is 7.86. The van der Waals surface area contributed by atoms with Gasteiger partial charge in [0.1, 0.15) is 7.85 Å². The molecule has 1 aliphatic heterocycles. The van der Waals surface area contributed by atoms with E-state index in [-0.39, 0.29) is 0 Å². The van der Waals surface area contributed by atoms with Crippen molar-refractivity contribution in [1.29, 1.82) is 0 Å². The zero-order valence-electron chi connectivity index (χ0n) is 7.36. The Morgan fingerprint density at radius 2 is 2.25 bits per heavy atom. The van der Waals surface area contributed by atoms with Crippen molar-refractivity contribution in [2.24, 2.45) is 0 Å². The summed E-state index contributed by atoms with van der Waals surface area (Å²) in [5.41, 5.74) is 1.24. The van der Waals surface area contributed by atoms with E-state index in [0.717, 1.165) is 26.1 Å². The van der Waals surface area contributed by atoms with Crippen molar-refractivity contribution in [1.82, 2.24) is 9.78 Å². The van der Waals surface area contributed by atoms with E-state index < -0.39 is 0 Å². The van der Waals surface area contributed by atoms with Gasteiger partial charge in [-0.2, -0.15) is 5.10 Å².